The second kappa shape index (κ2) is 7.39. The lowest BCUT2D eigenvalue weighted by Gasteiger charge is -2.08. The third-order valence-corrected chi connectivity index (χ3v) is 1.63. The van der Waals surface area contributed by atoms with E-state index in [1.807, 2.05) is 0 Å². The lowest BCUT2D eigenvalue weighted by molar-refractivity contribution is -0.175. The van der Waals surface area contributed by atoms with Gasteiger partial charge >= 0.3 is 6.18 Å². The monoisotopic (exact) mass is 258 g/mol. The van der Waals surface area contributed by atoms with E-state index in [0.717, 1.165) is 0 Å². The lowest BCUT2D eigenvalue weighted by Crippen LogP contribution is -2.30. The fourth-order valence-corrected chi connectivity index (χ4v) is 0.945. The molecule has 0 aliphatic rings. The van der Waals surface area contributed by atoms with Crippen molar-refractivity contribution in [1.29, 1.82) is 0 Å². The van der Waals surface area contributed by atoms with Crippen molar-refractivity contribution in [1.82, 2.24) is 5.32 Å². The largest absolute Gasteiger partial charge is 0.411 e. The molecule has 1 amide bonds. The standard InChI is InChI=1S/C8H13F3N2O2S/c9-8(10,11)5-15-4-7(14)13-3-1-2-6(12)16/h1-5H2,(H2,12,16)(H,13,14). The molecule has 3 N–H and O–H groups in total. The van der Waals surface area contributed by atoms with E-state index in [0.29, 0.717) is 24.4 Å². The van der Waals surface area contributed by atoms with E-state index in [-0.39, 0.29) is 0 Å². The minimum atomic E-state index is -4.41. The van der Waals surface area contributed by atoms with Crippen molar-refractivity contribution in [3.8, 4) is 0 Å². The number of thiocarbonyl (C=S) groups is 1. The first-order valence-electron chi connectivity index (χ1n) is 4.51. The maximum atomic E-state index is 11.6. The zero-order chi connectivity index (χ0) is 12.6. The van der Waals surface area contributed by atoms with E-state index in [4.69, 9.17) is 5.73 Å². The van der Waals surface area contributed by atoms with Crippen LogP contribution in [0.4, 0.5) is 13.2 Å². The van der Waals surface area contributed by atoms with Gasteiger partial charge < -0.3 is 15.8 Å². The van der Waals surface area contributed by atoms with Crippen LogP contribution in [0.2, 0.25) is 0 Å². The van der Waals surface area contributed by atoms with Crippen LogP contribution in [0.3, 0.4) is 0 Å². The summed E-state index contributed by atoms with van der Waals surface area (Å²) in [7, 11) is 0. The average molecular weight is 258 g/mol. The quantitative estimate of drug-likeness (QED) is 0.522. The van der Waals surface area contributed by atoms with E-state index >= 15 is 0 Å². The summed E-state index contributed by atoms with van der Waals surface area (Å²) in [5.74, 6) is -0.591. The molecule has 0 unspecified atom stereocenters. The third-order valence-electron chi connectivity index (χ3n) is 1.42. The molecule has 0 saturated heterocycles. The van der Waals surface area contributed by atoms with Crippen molar-refractivity contribution >= 4 is 23.1 Å². The van der Waals surface area contributed by atoms with Gasteiger partial charge in [0.2, 0.25) is 5.91 Å². The minimum Gasteiger partial charge on any atom is -0.393 e. The van der Waals surface area contributed by atoms with E-state index in [9.17, 15) is 18.0 Å². The first kappa shape index (κ1) is 15.1. The van der Waals surface area contributed by atoms with E-state index in [1.165, 1.54) is 0 Å². The van der Waals surface area contributed by atoms with Gasteiger partial charge in [0, 0.05) is 6.54 Å². The highest BCUT2D eigenvalue weighted by atomic mass is 32.1. The lowest BCUT2D eigenvalue weighted by atomic mass is 10.3. The number of hydrogen-bond acceptors (Lipinski definition) is 3. The molecule has 0 aromatic heterocycles. The number of ether oxygens (including phenoxy) is 1. The summed E-state index contributed by atoms with van der Waals surface area (Å²) in [5, 5.41) is 2.38. The summed E-state index contributed by atoms with van der Waals surface area (Å²) in [6.45, 7) is -1.72. The normalized spacial score (nSPS) is 11.2. The predicted octanol–water partition coefficient (Wildman–Crippen LogP) is 0.748. The Hall–Kier alpha value is -0.890. The second-order valence-corrected chi connectivity index (χ2v) is 3.55. The van der Waals surface area contributed by atoms with Gasteiger partial charge in [0.05, 0.1) is 4.99 Å². The number of carbonyl (C=O) groups is 1. The van der Waals surface area contributed by atoms with Gasteiger partial charge in [0.25, 0.3) is 0 Å². The number of amides is 1. The molecule has 0 aromatic rings. The van der Waals surface area contributed by atoms with Gasteiger partial charge in [-0.3, -0.25) is 4.79 Å². The Kier molecular flexibility index (Phi) is 6.98. The van der Waals surface area contributed by atoms with Crippen LogP contribution in [-0.4, -0.2) is 36.8 Å². The van der Waals surface area contributed by atoms with Crippen molar-refractivity contribution < 1.29 is 22.7 Å². The molecule has 0 bridgehead atoms. The molecule has 16 heavy (non-hydrogen) atoms. The summed E-state index contributed by atoms with van der Waals surface area (Å²) in [6.07, 6.45) is -3.37. The molecular weight excluding hydrogens is 245 g/mol. The molecule has 4 nitrogen and oxygen atoms in total. The second-order valence-electron chi connectivity index (χ2n) is 3.03. The van der Waals surface area contributed by atoms with Gasteiger partial charge in [-0.05, 0) is 12.8 Å². The number of carbonyl (C=O) groups excluding carboxylic acids is 1. The Morgan fingerprint density at radius 2 is 2.06 bits per heavy atom. The highest BCUT2D eigenvalue weighted by Crippen LogP contribution is 2.13. The minimum absolute atomic E-state index is 0.311. The van der Waals surface area contributed by atoms with Crippen LogP contribution in [0.5, 0.6) is 0 Å². The van der Waals surface area contributed by atoms with Crippen LogP contribution in [0, 0.1) is 0 Å². The predicted molar refractivity (Wildman–Crippen MR) is 55.9 cm³/mol. The number of halogens is 3. The Labute approximate surface area is 96.3 Å². The molecule has 0 fully saturated rings. The summed E-state index contributed by atoms with van der Waals surface area (Å²) >= 11 is 4.60. The maximum absolute atomic E-state index is 11.6. The number of hydrogen-bond donors (Lipinski definition) is 2. The zero-order valence-corrected chi connectivity index (χ0v) is 9.29. The SMILES string of the molecule is NC(=S)CCCNC(=O)COCC(F)(F)F. The van der Waals surface area contributed by atoms with Gasteiger partial charge in [-0.2, -0.15) is 13.2 Å². The first-order valence-corrected chi connectivity index (χ1v) is 4.91. The molecule has 0 aliphatic heterocycles. The van der Waals surface area contributed by atoms with E-state index in [1.54, 1.807) is 0 Å². The van der Waals surface area contributed by atoms with Crippen LogP contribution in [0.25, 0.3) is 0 Å². The van der Waals surface area contributed by atoms with Crippen LogP contribution in [0.1, 0.15) is 12.8 Å². The van der Waals surface area contributed by atoms with Gasteiger partial charge in [0.1, 0.15) is 13.2 Å². The van der Waals surface area contributed by atoms with Crippen LogP contribution in [0.15, 0.2) is 0 Å². The van der Waals surface area contributed by atoms with E-state index in [2.05, 4.69) is 22.3 Å². The van der Waals surface area contributed by atoms with Gasteiger partial charge in [-0.1, -0.05) is 12.2 Å². The van der Waals surface area contributed by atoms with Crippen LogP contribution in [-0.2, 0) is 9.53 Å². The molecule has 8 heteroatoms. The molecule has 0 heterocycles. The number of nitrogens with two attached hydrogens (primary N) is 1. The summed E-state index contributed by atoms with van der Waals surface area (Å²) in [4.78, 5) is 11.2. The highest BCUT2D eigenvalue weighted by Gasteiger charge is 2.27. The van der Waals surface area contributed by atoms with E-state index < -0.39 is 25.3 Å². The molecule has 0 aliphatic carbocycles. The zero-order valence-electron chi connectivity index (χ0n) is 8.47. The van der Waals surface area contributed by atoms with Crippen LogP contribution < -0.4 is 11.1 Å². The fourth-order valence-electron chi connectivity index (χ4n) is 0.801. The molecule has 0 radical (unpaired) electrons. The van der Waals surface area contributed by atoms with Crippen LogP contribution >= 0.6 is 12.2 Å². The number of nitrogens with one attached hydrogen (secondary N) is 1. The average Bonchev–Trinajstić information content (AvgIpc) is 2.10. The summed E-state index contributed by atoms with van der Waals surface area (Å²) in [6, 6.07) is 0. The highest BCUT2D eigenvalue weighted by molar-refractivity contribution is 7.80. The Balaban J connectivity index is 3.42. The van der Waals surface area contributed by atoms with Gasteiger partial charge in [-0.15, -0.1) is 0 Å². The fraction of sp³-hybridized carbons (Fsp3) is 0.750. The first-order chi connectivity index (χ1) is 7.31. The number of alkyl halides is 3. The van der Waals surface area contributed by atoms with Crippen molar-refractivity contribution in [2.75, 3.05) is 19.8 Å². The Bertz CT molecular complexity index is 246. The molecule has 0 rings (SSSR count). The van der Waals surface area contributed by atoms with Crippen molar-refractivity contribution in [3.63, 3.8) is 0 Å². The molecule has 0 saturated carbocycles. The summed E-state index contributed by atoms with van der Waals surface area (Å²) in [5.41, 5.74) is 5.21. The van der Waals surface area contributed by atoms with Crippen molar-refractivity contribution in [3.05, 3.63) is 0 Å². The smallest absolute Gasteiger partial charge is 0.393 e. The number of rotatable bonds is 7. The van der Waals surface area contributed by atoms with Gasteiger partial charge in [0.15, 0.2) is 0 Å². The topological polar surface area (TPSA) is 64.3 Å². The molecule has 0 spiro atoms. The van der Waals surface area contributed by atoms with Gasteiger partial charge in [-0.25, -0.2) is 0 Å². The molecular formula is C8H13F3N2O2S. The maximum Gasteiger partial charge on any atom is 0.411 e. The van der Waals surface area contributed by atoms with Crippen molar-refractivity contribution in [2.45, 2.75) is 19.0 Å². The van der Waals surface area contributed by atoms with Crippen molar-refractivity contribution in [2.24, 2.45) is 5.73 Å². The Morgan fingerprint density at radius 3 is 2.56 bits per heavy atom. The molecule has 0 aromatic carbocycles. The molecule has 94 valence electrons. The third kappa shape index (κ3) is 11.2. The summed E-state index contributed by atoms with van der Waals surface area (Å²) < 4.78 is 39.0. The molecule has 0 atom stereocenters. The Morgan fingerprint density at radius 1 is 1.44 bits per heavy atom.